The minimum atomic E-state index is 0.581. The number of ether oxygens (including phenoxy) is 2. The van der Waals surface area contributed by atoms with Crippen LogP contribution in [0.15, 0.2) is 0 Å². The molecule has 0 bridgehead atoms. The Kier molecular flexibility index (Phi) is 8.67. The van der Waals surface area contributed by atoms with Crippen molar-refractivity contribution in [1.82, 2.24) is 0 Å². The SMILES string of the molecule is CCCO[C@H]1CC[C@H](C2CCC3(CC2)CC2(CCC([C@H]4CC[C@H](OCCC)CC4)CC2)C3)CC1. The van der Waals surface area contributed by atoms with E-state index in [9.17, 15) is 0 Å². The Labute approximate surface area is 211 Å². The van der Waals surface area contributed by atoms with Crippen molar-refractivity contribution >= 4 is 0 Å². The van der Waals surface area contributed by atoms with Crippen molar-refractivity contribution < 1.29 is 9.47 Å². The topological polar surface area (TPSA) is 18.5 Å². The van der Waals surface area contributed by atoms with Gasteiger partial charge in [0.15, 0.2) is 0 Å². The smallest absolute Gasteiger partial charge is 0.0575 e. The number of hydrogen-bond donors (Lipinski definition) is 0. The monoisotopic (exact) mass is 472 g/mol. The summed E-state index contributed by atoms with van der Waals surface area (Å²) in [7, 11) is 0. The van der Waals surface area contributed by atoms with Gasteiger partial charge >= 0.3 is 0 Å². The summed E-state index contributed by atoms with van der Waals surface area (Å²) in [5.74, 6) is 4.12. The first-order valence-electron chi connectivity index (χ1n) is 15.9. The molecule has 2 nitrogen and oxygen atoms in total. The number of rotatable bonds is 8. The van der Waals surface area contributed by atoms with E-state index in [1.165, 1.54) is 64.2 Å². The highest BCUT2D eigenvalue weighted by molar-refractivity contribution is 5.07. The Bertz CT molecular complexity index is 535. The molecule has 5 fully saturated rings. The third-order valence-electron chi connectivity index (χ3n) is 11.6. The molecule has 0 amide bonds. The van der Waals surface area contributed by atoms with Gasteiger partial charge in [0.05, 0.1) is 12.2 Å². The average Bonchev–Trinajstić information content (AvgIpc) is 2.87. The quantitative estimate of drug-likeness (QED) is 0.350. The van der Waals surface area contributed by atoms with Crippen LogP contribution in [0.1, 0.15) is 142 Å². The number of hydrogen-bond acceptors (Lipinski definition) is 2. The lowest BCUT2D eigenvalue weighted by molar-refractivity contribution is -0.111. The largest absolute Gasteiger partial charge is 0.378 e. The van der Waals surface area contributed by atoms with E-state index in [0.717, 1.165) is 47.7 Å². The molecule has 5 saturated carbocycles. The summed E-state index contributed by atoms with van der Waals surface area (Å²) in [6, 6.07) is 0. The standard InChI is InChI=1S/C32H56O2/c1-3-21-33-29-9-5-25(6-10-29)27-13-17-31(18-14-27)23-32(24-31)19-15-28(16-20-32)26-7-11-30(12-8-26)34-22-4-2/h25-30H,3-24H2,1-2H3/t25-,26-,27?,28?,29-,30-,31?,32?. The van der Waals surface area contributed by atoms with Gasteiger partial charge in [-0.15, -0.1) is 0 Å². The molecular formula is C32H56O2. The van der Waals surface area contributed by atoms with Crippen LogP contribution in [0, 0.1) is 34.5 Å². The van der Waals surface area contributed by atoms with E-state index < -0.39 is 0 Å². The third-order valence-corrected chi connectivity index (χ3v) is 11.6. The lowest BCUT2D eigenvalue weighted by atomic mass is 9.43. The zero-order valence-corrected chi connectivity index (χ0v) is 22.8. The van der Waals surface area contributed by atoms with E-state index in [1.54, 1.807) is 64.2 Å². The minimum absolute atomic E-state index is 0.581. The van der Waals surface area contributed by atoms with Crippen LogP contribution < -0.4 is 0 Å². The molecule has 0 aromatic rings. The molecule has 0 N–H and O–H groups in total. The summed E-state index contributed by atoms with van der Waals surface area (Å²) in [5.41, 5.74) is 1.55. The van der Waals surface area contributed by atoms with E-state index >= 15 is 0 Å². The summed E-state index contributed by atoms with van der Waals surface area (Å²) in [6.45, 7) is 6.41. The summed E-state index contributed by atoms with van der Waals surface area (Å²) in [5, 5.41) is 0. The third kappa shape index (κ3) is 5.90. The van der Waals surface area contributed by atoms with Gasteiger partial charge in [0, 0.05) is 13.2 Å². The maximum absolute atomic E-state index is 6.05. The van der Waals surface area contributed by atoms with Crippen LogP contribution in [0.25, 0.3) is 0 Å². The van der Waals surface area contributed by atoms with Gasteiger partial charge in [0.2, 0.25) is 0 Å². The zero-order chi connectivity index (χ0) is 23.4. The van der Waals surface area contributed by atoms with Gasteiger partial charge in [-0.25, -0.2) is 0 Å². The normalized spacial score (nSPS) is 45.4. The molecule has 5 aliphatic rings. The molecule has 196 valence electrons. The highest BCUT2D eigenvalue weighted by Gasteiger charge is 2.56. The highest BCUT2D eigenvalue weighted by atomic mass is 16.5. The molecule has 2 spiro atoms. The van der Waals surface area contributed by atoms with Crippen LogP contribution in [-0.4, -0.2) is 25.4 Å². The van der Waals surface area contributed by atoms with Gasteiger partial charge in [-0.1, -0.05) is 13.8 Å². The van der Waals surface area contributed by atoms with Crippen molar-refractivity contribution in [2.24, 2.45) is 34.5 Å². The molecule has 0 radical (unpaired) electrons. The van der Waals surface area contributed by atoms with Crippen molar-refractivity contribution in [3.05, 3.63) is 0 Å². The summed E-state index contributed by atoms with van der Waals surface area (Å²) in [6.07, 6.45) is 30.3. The second-order valence-electron chi connectivity index (χ2n) is 13.8. The molecule has 0 atom stereocenters. The second-order valence-corrected chi connectivity index (χ2v) is 13.8. The summed E-state index contributed by atoms with van der Waals surface area (Å²) >= 11 is 0. The second kappa shape index (κ2) is 11.5. The molecule has 0 aromatic carbocycles. The summed E-state index contributed by atoms with van der Waals surface area (Å²) < 4.78 is 12.1. The van der Waals surface area contributed by atoms with Crippen LogP contribution >= 0.6 is 0 Å². The maximum atomic E-state index is 6.05. The lowest BCUT2D eigenvalue weighted by Gasteiger charge is -2.62. The predicted molar refractivity (Wildman–Crippen MR) is 142 cm³/mol. The molecule has 0 unspecified atom stereocenters. The van der Waals surface area contributed by atoms with Gasteiger partial charge < -0.3 is 9.47 Å². The minimum Gasteiger partial charge on any atom is -0.378 e. The Balaban J connectivity index is 0.995. The molecule has 0 aromatic heterocycles. The first-order chi connectivity index (χ1) is 16.6. The van der Waals surface area contributed by atoms with Crippen LogP contribution in [0.5, 0.6) is 0 Å². The molecule has 34 heavy (non-hydrogen) atoms. The Morgan fingerprint density at radius 3 is 1.12 bits per heavy atom. The predicted octanol–water partition coefficient (Wildman–Crippen LogP) is 9.10. The first-order valence-corrected chi connectivity index (χ1v) is 15.9. The van der Waals surface area contributed by atoms with Crippen LogP contribution in [-0.2, 0) is 9.47 Å². The van der Waals surface area contributed by atoms with E-state index in [-0.39, 0.29) is 0 Å². The fourth-order valence-corrected chi connectivity index (χ4v) is 9.72. The van der Waals surface area contributed by atoms with Gasteiger partial charge in [-0.3, -0.25) is 0 Å². The van der Waals surface area contributed by atoms with Crippen molar-refractivity contribution in [3.8, 4) is 0 Å². The fraction of sp³-hybridized carbons (Fsp3) is 1.00. The van der Waals surface area contributed by atoms with Gasteiger partial charge in [-0.05, 0) is 163 Å². The average molecular weight is 473 g/mol. The van der Waals surface area contributed by atoms with Gasteiger partial charge in [0.1, 0.15) is 0 Å². The molecule has 0 saturated heterocycles. The van der Waals surface area contributed by atoms with Crippen molar-refractivity contribution in [2.75, 3.05) is 13.2 Å². The van der Waals surface area contributed by atoms with Gasteiger partial charge in [-0.2, -0.15) is 0 Å². The van der Waals surface area contributed by atoms with Crippen molar-refractivity contribution in [2.45, 2.75) is 154 Å². The van der Waals surface area contributed by atoms with Crippen LogP contribution in [0.3, 0.4) is 0 Å². The van der Waals surface area contributed by atoms with Crippen molar-refractivity contribution in [3.63, 3.8) is 0 Å². The van der Waals surface area contributed by atoms with Crippen molar-refractivity contribution in [1.29, 1.82) is 0 Å². The van der Waals surface area contributed by atoms with E-state index in [0.29, 0.717) is 12.2 Å². The Hall–Kier alpha value is -0.0800. The molecule has 2 heteroatoms. The molecule has 5 rings (SSSR count). The maximum Gasteiger partial charge on any atom is 0.0575 e. The zero-order valence-electron chi connectivity index (χ0n) is 22.8. The fourth-order valence-electron chi connectivity index (χ4n) is 9.72. The molecule has 5 aliphatic carbocycles. The van der Waals surface area contributed by atoms with Crippen LogP contribution in [0.2, 0.25) is 0 Å². The molecule has 0 aliphatic heterocycles. The molecule has 0 heterocycles. The van der Waals surface area contributed by atoms with E-state index in [1.807, 2.05) is 0 Å². The van der Waals surface area contributed by atoms with Crippen LogP contribution in [0.4, 0.5) is 0 Å². The summed E-state index contributed by atoms with van der Waals surface area (Å²) in [4.78, 5) is 0. The van der Waals surface area contributed by atoms with Gasteiger partial charge in [0.25, 0.3) is 0 Å². The van der Waals surface area contributed by atoms with E-state index in [4.69, 9.17) is 9.47 Å². The van der Waals surface area contributed by atoms with E-state index in [2.05, 4.69) is 13.8 Å². The Morgan fingerprint density at radius 1 is 0.471 bits per heavy atom. The first kappa shape index (κ1) is 25.6. The highest BCUT2D eigenvalue weighted by Crippen LogP contribution is 2.67. The lowest BCUT2D eigenvalue weighted by Crippen LogP contribution is -2.50. The molecular weight excluding hydrogens is 416 g/mol. The Morgan fingerprint density at radius 2 is 0.794 bits per heavy atom.